The number of nitrogens with one attached hydrogen (secondary N) is 1. The predicted molar refractivity (Wildman–Crippen MR) is 73.0 cm³/mol. The van der Waals surface area contributed by atoms with Crippen molar-refractivity contribution in [1.29, 1.82) is 5.41 Å². The largest absolute Gasteiger partial charge is 0.388 e. The second-order valence-corrected chi connectivity index (χ2v) is 5.03. The quantitative estimate of drug-likeness (QED) is 0.578. The zero-order chi connectivity index (χ0) is 13.5. The SMILES string of the molecule is CC(C)CN(CCC(=N)N)Cc1ccc(F)cc1. The summed E-state index contributed by atoms with van der Waals surface area (Å²) in [5.74, 6) is 0.554. The standard InChI is InChI=1S/C14H22FN3/c1-11(2)9-18(8-7-14(16)17)10-12-3-5-13(15)6-4-12/h3-6,11H,7-10H2,1-2H3,(H3,16,17). The van der Waals surface area contributed by atoms with Gasteiger partial charge in [-0.25, -0.2) is 4.39 Å². The number of benzene rings is 1. The highest BCUT2D eigenvalue weighted by atomic mass is 19.1. The van der Waals surface area contributed by atoms with Crippen LogP contribution in [0.4, 0.5) is 4.39 Å². The lowest BCUT2D eigenvalue weighted by molar-refractivity contribution is 0.242. The lowest BCUT2D eigenvalue weighted by Gasteiger charge is -2.24. The van der Waals surface area contributed by atoms with Gasteiger partial charge in [0.05, 0.1) is 5.84 Å². The van der Waals surface area contributed by atoms with Gasteiger partial charge in [0, 0.05) is 26.1 Å². The second kappa shape index (κ2) is 7.11. The van der Waals surface area contributed by atoms with Crippen LogP contribution in [0.15, 0.2) is 24.3 Å². The molecule has 0 aromatic heterocycles. The maximum absolute atomic E-state index is 12.8. The molecule has 1 aromatic rings. The number of halogens is 1. The topological polar surface area (TPSA) is 53.1 Å². The van der Waals surface area contributed by atoms with E-state index < -0.39 is 0 Å². The molecule has 100 valence electrons. The van der Waals surface area contributed by atoms with Crippen LogP contribution in [-0.2, 0) is 6.54 Å². The Morgan fingerprint density at radius 3 is 2.44 bits per heavy atom. The molecule has 18 heavy (non-hydrogen) atoms. The summed E-state index contributed by atoms with van der Waals surface area (Å²) >= 11 is 0. The fourth-order valence-corrected chi connectivity index (χ4v) is 1.88. The van der Waals surface area contributed by atoms with Crippen LogP contribution < -0.4 is 5.73 Å². The average molecular weight is 251 g/mol. The third-order valence-electron chi connectivity index (χ3n) is 2.64. The Morgan fingerprint density at radius 2 is 1.94 bits per heavy atom. The van der Waals surface area contributed by atoms with Gasteiger partial charge in [-0.2, -0.15) is 0 Å². The van der Waals surface area contributed by atoms with Gasteiger partial charge in [0.2, 0.25) is 0 Å². The van der Waals surface area contributed by atoms with E-state index in [1.165, 1.54) is 12.1 Å². The van der Waals surface area contributed by atoms with E-state index >= 15 is 0 Å². The monoisotopic (exact) mass is 251 g/mol. The molecule has 0 atom stereocenters. The van der Waals surface area contributed by atoms with E-state index in [1.54, 1.807) is 12.1 Å². The van der Waals surface area contributed by atoms with E-state index in [2.05, 4.69) is 18.7 Å². The normalized spacial score (nSPS) is 11.2. The van der Waals surface area contributed by atoms with Crippen LogP contribution in [0.25, 0.3) is 0 Å². The number of hydrogen-bond acceptors (Lipinski definition) is 2. The van der Waals surface area contributed by atoms with Crippen molar-refractivity contribution in [1.82, 2.24) is 4.90 Å². The van der Waals surface area contributed by atoms with Gasteiger partial charge in [-0.05, 0) is 23.6 Å². The van der Waals surface area contributed by atoms with Gasteiger partial charge in [-0.1, -0.05) is 26.0 Å². The lowest BCUT2D eigenvalue weighted by Crippen LogP contribution is -2.30. The van der Waals surface area contributed by atoms with Gasteiger partial charge in [-0.3, -0.25) is 10.3 Å². The first kappa shape index (κ1) is 14.6. The Bertz CT molecular complexity index is 373. The van der Waals surface area contributed by atoms with Crippen molar-refractivity contribution in [2.45, 2.75) is 26.8 Å². The van der Waals surface area contributed by atoms with E-state index in [4.69, 9.17) is 11.1 Å². The zero-order valence-electron chi connectivity index (χ0n) is 11.1. The third-order valence-corrected chi connectivity index (χ3v) is 2.64. The van der Waals surface area contributed by atoms with Crippen molar-refractivity contribution in [2.24, 2.45) is 11.7 Å². The van der Waals surface area contributed by atoms with Crippen molar-refractivity contribution in [2.75, 3.05) is 13.1 Å². The molecule has 0 radical (unpaired) electrons. The minimum Gasteiger partial charge on any atom is -0.388 e. The molecule has 0 saturated carbocycles. The summed E-state index contributed by atoms with van der Waals surface area (Å²) in [6, 6.07) is 6.56. The molecule has 0 aliphatic heterocycles. The van der Waals surface area contributed by atoms with Crippen molar-refractivity contribution in [3.63, 3.8) is 0 Å². The molecule has 0 unspecified atom stereocenters. The Labute approximate surface area is 108 Å². The van der Waals surface area contributed by atoms with Gasteiger partial charge in [0.15, 0.2) is 0 Å². The molecule has 0 fully saturated rings. The molecule has 3 nitrogen and oxygen atoms in total. The highest BCUT2D eigenvalue weighted by Crippen LogP contribution is 2.09. The van der Waals surface area contributed by atoms with E-state index in [0.717, 1.165) is 25.2 Å². The molecule has 1 aromatic carbocycles. The molecular formula is C14H22FN3. The van der Waals surface area contributed by atoms with Crippen LogP contribution in [0.3, 0.4) is 0 Å². The number of nitrogens with zero attached hydrogens (tertiary/aromatic N) is 1. The Hall–Kier alpha value is -1.42. The highest BCUT2D eigenvalue weighted by molar-refractivity contribution is 5.76. The van der Waals surface area contributed by atoms with Crippen molar-refractivity contribution >= 4 is 5.84 Å². The summed E-state index contributed by atoms with van der Waals surface area (Å²) in [4.78, 5) is 2.25. The third kappa shape index (κ3) is 5.77. The first-order chi connectivity index (χ1) is 8.47. The molecule has 3 N–H and O–H groups in total. The smallest absolute Gasteiger partial charge is 0.123 e. The molecule has 0 aliphatic rings. The Balaban J connectivity index is 2.59. The minimum absolute atomic E-state index is 0.210. The fraction of sp³-hybridized carbons (Fsp3) is 0.500. The van der Waals surface area contributed by atoms with Crippen molar-refractivity contribution in [3.8, 4) is 0 Å². The van der Waals surface area contributed by atoms with Crippen LogP contribution >= 0.6 is 0 Å². The van der Waals surface area contributed by atoms with Crippen LogP contribution in [-0.4, -0.2) is 23.8 Å². The highest BCUT2D eigenvalue weighted by Gasteiger charge is 2.08. The van der Waals surface area contributed by atoms with Crippen LogP contribution in [0.1, 0.15) is 25.8 Å². The summed E-state index contributed by atoms with van der Waals surface area (Å²) in [7, 11) is 0. The molecule has 0 aliphatic carbocycles. The van der Waals surface area contributed by atoms with Gasteiger partial charge in [0.1, 0.15) is 5.82 Å². The summed E-state index contributed by atoms with van der Waals surface area (Å²) in [5.41, 5.74) is 6.48. The zero-order valence-corrected chi connectivity index (χ0v) is 11.1. The summed E-state index contributed by atoms with van der Waals surface area (Å²) in [6.07, 6.45) is 0.577. The van der Waals surface area contributed by atoms with Gasteiger partial charge >= 0.3 is 0 Å². The number of rotatable bonds is 7. The summed E-state index contributed by atoms with van der Waals surface area (Å²) < 4.78 is 12.8. The average Bonchev–Trinajstić information content (AvgIpc) is 2.28. The molecule has 0 amide bonds. The van der Waals surface area contributed by atoms with Crippen LogP contribution in [0.5, 0.6) is 0 Å². The molecule has 0 heterocycles. The first-order valence-electron chi connectivity index (χ1n) is 6.27. The van der Waals surface area contributed by atoms with Gasteiger partial charge < -0.3 is 5.73 Å². The number of nitrogens with two attached hydrogens (primary N) is 1. The van der Waals surface area contributed by atoms with E-state index in [1.807, 2.05) is 0 Å². The Kier molecular flexibility index (Phi) is 5.78. The first-order valence-corrected chi connectivity index (χ1v) is 6.27. The molecule has 0 saturated heterocycles. The summed E-state index contributed by atoms with van der Waals surface area (Å²) in [5, 5.41) is 7.28. The number of hydrogen-bond donors (Lipinski definition) is 2. The van der Waals surface area contributed by atoms with E-state index in [9.17, 15) is 4.39 Å². The molecule has 0 spiro atoms. The van der Waals surface area contributed by atoms with Crippen LogP contribution in [0.2, 0.25) is 0 Å². The molecular weight excluding hydrogens is 229 g/mol. The van der Waals surface area contributed by atoms with E-state index in [-0.39, 0.29) is 11.7 Å². The van der Waals surface area contributed by atoms with Gasteiger partial charge in [-0.15, -0.1) is 0 Å². The van der Waals surface area contributed by atoms with Crippen molar-refractivity contribution in [3.05, 3.63) is 35.6 Å². The second-order valence-electron chi connectivity index (χ2n) is 5.03. The maximum atomic E-state index is 12.8. The Morgan fingerprint density at radius 1 is 1.33 bits per heavy atom. The summed E-state index contributed by atoms with van der Waals surface area (Å²) in [6.45, 7) is 6.80. The molecule has 0 bridgehead atoms. The lowest BCUT2D eigenvalue weighted by atomic mass is 10.1. The van der Waals surface area contributed by atoms with Gasteiger partial charge in [0.25, 0.3) is 0 Å². The van der Waals surface area contributed by atoms with E-state index in [0.29, 0.717) is 12.3 Å². The number of amidine groups is 1. The van der Waals surface area contributed by atoms with Crippen molar-refractivity contribution < 1.29 is 4.39 Å². The fourth-order valence-electron chi connectivity index (χ4n) is 1.88. The predicted octanol–water partition coefficient (Wildman–Crippen LogP) is 2.61. The molecule has 1 rings (SSSR count). The molecule has 4 heteroatoms. The van der Waals surface area contributed by atoms with Crippen LogP contribution in [0, 0.1) is 17.1 Å². The minimum atomic E-state index is -0.210. The maximum Gasteiger partial charge on any atom is 0.123 e.